The van der Waals surface area contributed by atoms with Crippen LogP contribution in [-0.2, 0) is 6.42 Å². The molecule has 1 aliphatic heterocycles. The van der Waals surface area contributed by atoms with E-state index in [0.29, 0.717) is 37.4 Å². The monoisotopic (exact) mass is 225 g/mol. The predicted molar refractivity (Wildman–Crippen MR) is 58.8 cm³/mol. The largest absolute Gasteiger partial charge is 0.388 e. The molecule has 1 fully saturated rings. The summed E-state index contributed by atoms with van der Waals surface area (Å²) in [5, 5.41) is 9.84. The number of aromatic nitrogens is 2. The van der Waals surface area contributed by atoms with Crippen LogP contribution in [0.4, 0.5) is 10.2 Å². The van der Waals surface area contributed by atoms with Crippen molar-refractivity contribution >= 4 is 5.82 Å². The summed E-state index contributed by atoms with van der Waals surface area (Å²) < 4.78 is 13.9. The van der Waals surface area contributed by atoms with Crippen LogP contribution in [0.5, 0.6) is 0 Å². The van der Waals surface area contributed by atoms with Gasteiger partial charge in [0.15, 0.2) is 11.6 Å². The van der Waals surface area contributed by atoms with E-state index < -0.39 is 5.60 Å². The van der Waals surface area contributed by atoms with Crippen molar-refractivity contribution < 1.29 is 9.50 Å². The van der Waals surface area contributed by atoms with E-state index in [0.717, 1.165) is 0 Å². The molecule has 0 radical (unpaired) electrons. The van der Waals surface area contributed by atoms with E-state index in [1.165, 1.54) is 6.33 Å². The molecule has 5 heteroatoms. The van der Waals surface area contributed by atoms with Crippen molar-refractivity contribution in [1.29, 1.82) is 0 Å². The first kappa shape index (κ1) is 11.3. The van der Waals surface area contributed by atoms with E-state index in [2.05, 4.69) is 9.97 Å². The number of nitrogens with zero attached hydrogens (tertiary/aromatic N) is 3. The van der Waals surface area contributed by atoms with E-state index >= 15 is 0 Å². The molecule has 0 saturated carbocycles. The minimum atomic E-state index is -0.746. The minimum absolute atomic E-state index is 0.310. The summed E-state index contributed by atoms with van der Waals surface area (Å²) in [5.41, 5.74) is -0.319. The van der Waals surface area contributed by atoms with Crippen molar-refractivity contribution in [1.82, 2.24) is 9.97 Å². The topological polar surface area (TPSA) is 49.2 Å². The molecular weight excluding hydrogens is 209 g/mol. The molecule has 0 aromatic carbocycles. The lowest BCUT2D eigenvalue weighted by atomic mass is 10.1. The Morgan fingerprint density at radius 2 is 2.31 bits per heavy atom. The van der Waals surface area contributed by atoms with Gasteiger partial charge in [0.25, 0.3) is 0 Å². The highest BCUT2D eigenvalue weighted by atomic mass is 19.1. The van der Waals surface area contributed by atoms with Crippen LogP contribution < -0.4 is 4.90 Å². The first-order chi connectivity index (χ1) is 7.53. The maximum Gasteiger partial charge on any atom is 0.187 e. The standard InChI is InChI=1S/C11H16FN3O/c1-3-8-9(12)10(14-7-13-8)15-5-4-11(2,16)6-15/h7,16H,3-6H2,1-2H3. The molecule has 0 aliphatic carbocycles. The average molecular weight is 225 g/mol. The van der Waals surface area contributed by atoms with Crippen LogP contribution in [0.25, 0.3) is 0 Å². The lowest BCUT2D eigenvalue weighted by molar-refractivity contribution is 0.0838. The molecule has 4 nitrogen and oxygen atoms in total. The molecule has 1 aromatic heterocycles. The molecule has 2 rings (SSSR count). The second-order valence-corrected chi connectivity index (χ2v) is 4.48. The van der Waals surface area contributed by atoms with E-state index in [1.54, 1.807) is 11.8 Å². The molecular formula is C11H16FN3O. The number of halogens is 1. The van der Waals surface area contributed by atoms with Crippen LogP contribution in [0.3, 0.4) is 0 Å². The summed E-state index contributed by atoms with van der Waals surface area (Å²) in [6.45, 7) is 4.66. The summed E-state index contributed by atoms with van der Waals surface area (Å²) >= 11 is 0. The Morgan fingerprint density at radius 3 is 2.88 bits per heavy atom. The molecule has 1 aromatic rings. The lowest BCUT2D eigenvalue weighted by Gasteiger charge is -2.20. The van der Waals surface area contributed by atoms with Crippen molar-refractivity contribution in [3.63, 3.8) is 0 Å². The van der Waals surface area contributed by atoms with Crippen LogP contribution in [-0.4, -0.2) is 33.8 Å². The van der Waals surface area contributed by atoms with Crippen LogP contribution in [0, 0.1) is 5.82 Å². The maximum atomic E-state index is 13.9. The second kappa shape index (κ2) is 3.97. The zero-order chi connectivity index (χ0) is 11.8. The number of rotatable bonds is 2. The molecule has 1 aliphatic rings. The Morgan fingerprint density at radius 1 is 1.56 bits per heavy atom. The number of β-amino-alcohol motifs (C(OH)–C–C–N with tert-alkyl or cyclic N) is 1. The van der Waals surface area contributed by atoms with Crippen molar-refractivity contribution in [3.8, 4) is 0 Å². The molecule has 1 saturated heterocycles. The van der Waals surface area contributed by atoms with Gasteiger partial charge in [0.1, 0.15) is 6.33 Å². The molecule has 88 valence electrons. The van der Waals surface area contributed by atoms with Gasteiger partial charge in [-0.25, -0.2) is 14.4 Å². The van der Waals surface area contributed by atoms with Gasteiger partial charge < -0.3 is 10.0 Å². The number of anilines is 1. The van der Waals surface area contributed by atoms with Gasteiger partial charge in [-0.3, -0.25) is 0 Å². The predicted octanol–water partition coefficient (Wildman–Crippen LogP) is 1.14. The SMILES string of the molecule is CCc1ncnc(N2CCC(C)(O)C2)c1F. The van der Waals surface area contributed by atoms with Gasteiger partial charge in [0.05, 0.1) is 11.3 Å². The second-order valence-electron chi connectivity index (χ2n) is 4.48. The molecule has 0 bridgehead atoms. The van der Waals surface area contributed by atoms with Gasteiger partial charge in [-0.2, -0.15) is 0 Å². The highest BCUT2D eigenvalue weighted by Crippen LogP contribution is 2.27. The van der Waals surface area contributed by atoms with E-state index in [1.807, 2.05) is 6.92 Å². The molecule has 0 spiro atoms. The summed E-state index contributed by atoms with van der Waals surface area (Å²) in [6.07, 6.45) is 2.56. The summed E-state index contributed by atoms with van der Waals surface area (Å²) in [6, 6.07) is 0. The Labute approximate surface area is 94.1 Å². The Hall–Kier alpha value is -1.23. The van der Waals surface area contributed by atoms with Gasteiger partial charge in [-0.15, -0.1) is 0 Å². The molecule has 1 atom stereocenters. The zero-order valence-electron chi connectivity index (χ0n) is 9.57. The third kappa shape index (κ3) is 2.00. The van der Waals surface area contributed by atoms with E-state index in [9.17, 15) is 9.50 Å². The molecule has 16 heavy (non-hydrogen) atoms. The highest BCUT2D eigenvalue weighted by molar-refractivity contribution is 5.43. The van der Waals surface area contributed by atoms with Gasteiger partial charge in [-0.05, 0) is 19.8 Å². The molecule has 1 unspecified atom stereocenters. The third-order valence-corrected chi connectivity index (χ3v) is 2.93. The number of aryl methyl sites for hydroxylation is 1. The third-order valence-electron chi connectivity index (χ3n) is 2.93. The number of aliphatic hydroxyl groups is 1. The van der Waals surface area contributed by atoms with Crippen LogP contribution in [0.2, 0.25) is 0 Å². The Balaban J connectivity index is 2.28. The van der Waals surface area contributed by atoms with Crippen molar-refractivity contribution in [2.45, 2.75) is 32.3 Å². The Kier molecular flexibility index (Phi) is 2.80. The fourth-order valence-electron chi connectivity index (χ4n) is 1.99. The number of hydrogen-bond donors (Lipinski definition) is 1. The zero-order valence-corrected chi connectivity index (χ0v) is 9.57. The van der Waals surface area contributed by atoms with Gasteiger partial charge >= 0.3 is 0 Å². The normalized spacial score (nSPS) is 25.1. The maximum absolute atomic E-state index is 13.9. The van der Waals surface area contributed by atoms with E-state index in [-0.39, 0.29) is 5.82 Å². The Bertz CT molecular complexity index is 395. The minimum Gasteiger partial charge on any atom is -0.388 e. The molecule has 2 heterocycles. The van der Waals surface area contributed by atoms with Crippen LogP contribution in [0.15, 0.2) is 6.33 Å². The van der Waals surface area contributed by atoms with Gasteiger partial charge in [0, 0.05) is 13.1 Å². The van der Waals surface area contributed by atoms with Crippen LogP contribution >= 0.6 is 0 Å². The fraction of sp³-hybridized carbons (Fsp3) is 0.636. The smallest absolute Gasteiger partial charge is 0.187 e. The van der Waals surface area contributed by atoms with Crippen molar-refractivity contribution in [2.24, 2.45) is 0 Å². The summed E-state index contributed by atoms with van der Waals surface area (Å²) in [7, 11) is 0. The first-order valence-corrected chi connectivity index (χ1v) is 5.50. The van der Waals surface area contributed by atoms with Gasteiger partial charge in [-0.1, -0.05) is 6.92 Å². The van der Waals surface area contributed by atoms with Crippen LogP contribution in [0.1, 0.15) is 26.0 Å². The highest BCUT2D eigenvalue weighted by Gasteiger charge is 2.33. The summed E-state index contributed by atoms with van der Waals surface area (Å²) in [5.74, 6) is -0.0488. The number of hydrogen-bond acceptors (Lipinski definition) is 4. The fourth-order valence-corrected chi connectivity index (χ4v) is 1.99. The van der Waals surface area contributed by atoms with E-state index in [4.69, 9.17) is 0 Å². The first-order valence-electron chi connectivity index (χ1n) is 5.50. The molecule has 1 N–H and O–H groups in total. The lowest BCUT2D eigenvalue weighted by Crippen LogP contribution is -2.30. The van der Waals surface area contributed by atoms with Crippen molar-refractivity contribution in [3.05, 3.63) is 17.8 Å². The van der Waals surface area contributed by atoms with Crippen molar-refractivity contribution in [2.75, 3.05) is 18.0 Å². The quantitative estimate of drug-likeness (QED) is 0.820. The average Bonchev–Trinajstić information content (AvgIpc) is 2.59. The molecule has 0 amide bonds. The summed E-state index contributed by atoms with van der Waals surface area (Å²) in [4.78, 5) is 9.63. The van der Waals surface area contributed by atoms with Gasteiger partial charge in [0.2, 0.25) is 0 Å².